The average molecular weight is 271 g/mol. The van der Waals surface area contributed by atoms with Crippen molar-refractivity contribution >= 4 is 6.09 Å². The number of amides is 1. The Balaban J connectivity index is 1.93. The Kier molecular flexibility index (Phi) is 4.06. The second-order valence-corrected chi connectivity index (χ2v) is 6.84. The third kappa shape index (κ3) is 3.60. The van der Waals surface area contributed by atoms with E-state index in [0.29, 0.717) is 31.8 Å². The second kappa shape index (κ2) is 5.29. The highest BCUT2D eigenvalue weighted by Crippen LogP contribution is 2.36. The number of ether oxygens (including phenoxy) is 1. The van der Waals surface area contributed by atoms with Gasteiger partial charge in [0.1, 0.15) is 5.60 Å². The van der Waals surface area contributed by atoms with Crippen LogP contribution >= 0.6 is 0 Å². The monoisotopic (exact) mass is 271 g/mol. The molecule has 1 heterocycles. The number of fused-ring (bicyclic) bond motifs is 1. The zero-order valence-corrected chi connectivity index (χ0v) is 12.0. The van der Waals surface area contributed by atoms with Gasteiger partial charge in [-0.2, -0.15) is 0 Å². The summed E-state index contributed by atoms with van der Waals surface area (Å²) in [5.41, 5.74) is -0.476. The molecule has 5 heteroatoms. The molecule has 0 bridgehead atoms. The van der Waals surface area contributed by atoms with Crippen LogP contribution in [0.1, 0.15) is 40.0 Å². The van der Waals surface area contributed by atoms with Crippen LogP contribution in [0, 0.1) is 11.8 Å². The molecule has 0 aromatic heterocycles. The fourth-order valence-corrected chi connectivity index (χ4v) is 3.08. The van der Waals surface area contributed by atoms with Crippen molar-refractivity contribution in [2.75, 3.05) is 13.1 Å². The van der Waals surface area contributed by atoms with Gasteiger partial charge in [0.05, 0.1) is 12.2 Å². The molecule has 5 nitrogen and oxygen atoms in total. The Morgan fingerprint density at radius 2 is 1.74 bits per heavy atom. The number of aliphatic hydroxyl groups is 2. The lowest BCUT2D eigenvalue weighted by molar-refractivity contribution is -0.0685. The predicted molar refractivity (Wildman–Crippen MR) is 70.7 cm³/mol. The van der Waals surface area contributed by atoms with E-state index in [1.807, 2.05) is 20.8 Å². The summed E-state index contributed by atoms with van der Waals surface area (Å²) in [4.78, 5) is 13.8. The average Bonchev–Trinajstić information content (AvgIpc) is 2.27. The number of carbonyl (C=O) groups excluding carboxylic acids is 1. The molecule has 1 saturated heterocycles. The first-order chi connectivity index (χ1) is 8.76. The summed E-state index contributed by atoms with van der Waals surface area (Å²) in [6, 6.07) is 0. The SMILES string of the molecule is CC(C)(C)OC(=O)N1CC[C@@H]2CC(O)C(O)C[C@@H]2C1. The van der Waals surface area contributed by atoms with Gasteiger partial charge in [-0.25, -0.2) is 4.79 Å². The summed E-state index contributed by atoms with van der Waals surface area (Å²) < 4.78 is 5.38. The van der Waals surface area contributed by atoms with Gasteiger partial charge in [-0.1, -0.05) is 0 Å². The summed E-state index contributed by atoms with van der Waals surface area (Å²) in [5, 5.41) is 19.4. The predicted octanol–water partition coefficient (Wildman–Crippen LogP) is 1.38. The molecule has 1 aliphatic carbocycles. The fourth-order valence-electron chi connectivity index (χ4n) is 3.08. The van der Waals surface area contributed by atoms with Crippen LogP contribution < -0.4 is 0 Å². The maximum atomic E-state index is 12.0. The number of aliphatic hydroxyl groups excluding tert-OH is 2. The van der Waals surface area contributed by atoms with Crippen LogP contribution in [0.4, 0.5) is 4.79 Å². The van der Waals surface area contributed by atoms with E-state index in [0.717, 1.165) is 6.42 Å². The van der Waals surface area contributed by atoms with Crippen molar-refractivity contribution in [1.29, 1.82) is 0 Å². The molecular weight excluding hydrogens is 246 g/mol. The van der Waals surface area contributed by atoms with Gasteiger partial charge in [-0.15, -0.1) is 0 Å². The number of carbonyl (C=O) groups is 1. The number of likely N-dealkylation sites (tertiary alicyclic amines) is 1. The fraction of sp³-hybridized carbons (Fsp3) is 0.929. The second-order valence-electron chi connectivity index (χ2n) is 6.84. The molecule has 1 aliphatic heterocycles. The van der Waals surface area contributed by atoms with Crippen LogP contribution in [-0.4, -0.2) is 52.1 Å². The molecule has 110 valence electrons. The van der Waals surface area contributed by atoms with Gasteiger partial charge in [0, 0.05) is 13.1 Å². The summed E-state index contributed by atoms with van der Waals surface area (Å²) in [5.74, 6) is 0.691. The zero-order chi connectivity index (χ0) is 14.2. The van der Waals surface area contributed by atoms with Gasteiger partial charge >= 0.3 is 6.09 Å². The van der Waals surface area contributed by atoms with Crippen LogP contribution in [0.25, 0.3) is 0 Å². The molecule has 0 spiro atoms. The van der Waals surface area contributed by atoms with E-state index in [9.17, 15) is 15.0 Å². The Morgan fingerprint density at radius 3 is 2.32 bits per heavy atom. The lowest BCUT2D eigenvalue weighted by Crippen LogP contribution is -2.50. The molecule has 2 unspecified atom stereocenters. The molecule has 0 aromatic carbocycles. The third-order valence-electron chi connectivity index (χ3n) is 4.08. The van der Waals surface area contributed by atoms with Crippen molar-refractivity contribution in [2.24, 2.45) is 11.8 Å². The molecule has 1 saturated carbocycles. The molecule has 19 heavy (non-hydrogen) atoms. The number of piperidine rings is 1. The van der Waals surface area contributed by atoms with Gasteiger partial charge in [0.2, 0.25) is 0 Å². The van der Waals surface area contributed by atoms with E-state index < -0.39 is 17.8 Å². The highest BCUT2D eigenvalue weighted by Gasteiger charge is 2.40. The van der Waals surface area contributed by atoms with E-state index in [-0.39, 0.29) is 12.0 Å². The van der Waals surface area contributed by atoms with Crippen LogP contribution in [0.15, 0.2) is 0 Å². The summed E-state index contributed by atoms with van der Waals surface area (Å²) in [7, 11) is 0. The quantitative estimate of drug-likeness (QED) is 0.698. The van der Waals surface area contributed by atoms with E-state index in [4.69, 9.17) is 4.74 Å². The van der Waals surface area contributed by atoms with E-state index in [2.05, 4.69) is 0 Å². The Morgan fingerprint density at radius 1 is 1.16 bits per heavy atom. The van der Waals surface area contributed by atoms with Crippen LogP contribution in [-0.2, 0) is 4.74 Å². The highest BCUT2D eigenvalue weighted by molar-refractivity contribution is 5.68. The van der Waals surface area contributed by atoms with Gasteiger partial charge in [-0.05, 0) is 51.9 Å². The number of nitrogens with zero attached hydrogens (tertiary/aromatic N) is 1. The largest absolute Gasteiger partial charge is 0.444 e. The van der Waals surface area contributed by atoms with Crippen molar-refractivity contribution in [3.05, 3.63) is 0 Å². The maximum Gasteiger partial charge on any atom is 0.410 e. The van der Waals surface area contributed by atoms with Crippen LogP contribution in [0.2, 0.25) is 0 Å². The van der Waals surface area contributed by atoms with Crippen molar-refractivity contribution in [2.45, 2.75) is 57.8 Å². The summed E-state index contributed by atoms with van der Waals surface area (Å²) >= 11 is 0. The molecule has 2 rings (SSSR count). The Hall–Kier alpha value is -0.810. The molecule has 2 N–H and O–H groups in total. The Labute approximate surface area is 114 Å². The first-order valence-electron chi connectivity index (χ1n) is 7.10. The van der Waals surface area contributed by atoms with Gasteiger partial charge in [0.25, 0.3) is 0 Å². The van der Waals surface area contributed by atoms with E-state index >= 15 is 0 Å². The van der Waals surface area contributed by atoms with Crippen LogP contribution in [0.5, 0.6) is 0 Å². The van der Waals surface area contributed by atoms with Crippen molar-refractivity contribution in [3.63, 3.8) is 0 Å². The highest BCUT2D eigenvalue weighted by atomic mass is 16.6. The number of hydrogen-bond donors (Lipinski definition) is 2. The standard InChI is InChI=1S/C14H25NO4/c1-14(2,3)19-13(18)15-5-4-9-6-11(16)12(17)7-10(9)8-15/h9-12,16-17H,4-8H2,1-3H3/t9-,10-,11?,12?/m1/s1. The topological polar surface area (TPSA) is 70.0 Å². The lowest BCUT2D eigenvalue weighted by Gasteiger charge is -2.44. The summed E-state index contributed by atoms with van der Waals surface area (Å²) in [6.45, 7) is 6.89. The first-order valence-corrected chi connectivity index (χ1v) is 7.10. The minimum Gasteiger partial charge on any atom is -0.444 e. The molecule has 0 aromatic rings. The molecule has 4 atom stereocenters. The summed E-state index contributed by atoms with van der Waals surface area (Å²) in [6.07, 6.45) is 0.577. The smallest absolute Gasteiger partial charge is 0.410 e. The van der Waals surface area contributed by atoms with Crippen molar-refractivity contribution in [1.82, 2.24) is 4.90 Å². The Bertz CT molecular complexity index is 339. The molecular formula is C14H25NO4. The zero-order valence-electron chi connectivity index (χ0n) is 12.0. The van der Waals surface area contributed by atoms with Crippen molar-refractivity contribution < 1.29 is 19.7 Å². The molecule has 2 aliphatic rings. The molecule has 0 radical (unpaired) electrons. The van der Waals surface area contributed by atoms with E-state index in [1.54, 1.807) is 4.90 Å². The van der Waals surface area contributed by atoms with Gasteiger partial charge < -0.3 is 19.8 Å². The van der Waals surface area contributed by atoms with Gasteiger partial charge in [0.15, 0.2) is 0 Å². The minimum atomic E-state index is -0.653. The third-order valence-corrected chi connectivity index (χ3v) is 4.08. The van der Waals surface area contributed by atoms with Gasteiger partial charge in [-0.3, -0.25) is 0 Å². The van der Waals surface area contributed by atoms with Crippen molar-refractivity contribution in [3.8, 4) is 0 Å². The van der Waals surface area contributed by atoms with Crippen LogP contribution in [0.3, 0.4) is 0 Å². The normalized spacial score (nSPS) is 35.7. The number of rotatable bonds is 0. The minimum absolute atomic E-state index is 0.272. The lowest BCUT2D eigenvalue weighted by atomic mass is 9.73. The number of hydrogen-bond acceptors (Lipinski definition) is 4. The molecule has 2 fully saturated rings. The molecule has 1 amide bonds. The van der Waals surface area contributed by atoms with E-state index in [1.165, 1.54) is 0 Å². The maximum absolute atomic E-state index is 12.0. The first kappa shape index (κ1) is 14.6.